The Kier molecular flexibility index (Phi) is 8.52. The summed E-state index contributed by atoms with van der Waals surface area (Å²) >= 11 is 0. The fourth-order valence-corrected chi connectivity index (χ4v) is 3.90. The standard InChI is InChI=1S/C24H27F3N2O6.H2/c1-3-15-16(25)10-17(26)21(27)22(15)35-12-19(30)18(11-20(31)34-2)28-23(32)13-6-8-29(9-7-13)24(33)14-4-5-14;/h3,10,13-14,18H,1,4-9,11-12H2,2H3,(H,28,32);1H/t18-;/m0./s1. The molecule has 11 heteroatoms. The number of benzene rings is 1. The van der Waals surface area contributed by atoms with Gasteiger partial charge >= 0.3 is 5.97 Å². The van der Waals surface area contributed by atoms with Gasteiger partial charge in [0.1, 0.15) is 18.5 Å². The van der Waals surface area contributed by atoms with Crippen molar-refractivity contribution in [3.8, 4) is 5.75 Å². The van der Waals surface area contributed by atoms with E-state index in [0.29, 0.717) is 32.0 Å². The van der Waals surface area contributed by atoms with Crippen LogP contribution in [0.3, 0.4) is 0 Å². The number of Topliss-reactive ketones (excluding diaryl/α,β-unsaturated/α-hetero) is 1. The monoisotopic (exact) mass is 498 g/mol. The fraction of sp³-hybridized carbons (Fsp3) is 0.500. The van der Waals surface area contributed by atoms with Crippen molar-refractivity contribution in [1.82, 2.24) is 10.2 Å². The number of methoxy groups -OCH3 is 1. The van der Waals surface area contributed by atoms with Crippen LogP contribution in [0.1, 0.15) is 39.1 Å². The first-order chi connectivity index (χ1) is 16.7. The number of carbonyl (C=O) groups is 4. The lowest BCUT2D eigenvalue weighted by Gasteiger charge is -2.32. The molecule has 0 radical (unpaired) electrons. The van der Waals surface area contributed by atoms with Gasteiger partial charge in [0.15, 0.2) is 17.3 Å². The van der Waals surface area contributed by atoms with Gasteiger partial charge in [-0.05, 0) is 25.7 Å². The summed E-state index contributed by atoms with van der Waals surface area (Å²) in [6.45, 7) is 3.28. The van der Waals surface area contributed by atoms with Crippen LogP contribution in [0.25, 0.3) is 6.08 Å². The molecule has 2 aliphatic rings. The molecule has 8 nitrogen and oxygen atoms in total. The molecule has 0 aromatic heterocycles. The molecule has 192 valence electrons. The van der Waals surface area contributed by atoms with E-state index in [1.54, 1.807) is 4.90 Å². The highest BCUT2D eigenvalue weighted by molar-refractivity contribution is 5.93. The number of carbonyl (C=O) groups excluding carboxylic acids is 4. The number of esters is 1. The molecule has 0 unspecified atom stereocenters. The second-order valence-electron chi connectivity index (χ2n) is 8.57. The van der Waals surface area contributed by atoms with Crippen molar-refractivity contribution in [2.75, 3.05) is 26.8 Å². The topological polar surface area (TPSA) is 102 Å². The van der Waals surface area contributed by atoms with E-state index in [2.05, 4.69) is 16.6 Å². The second-order valence-corrected chi connectivity index (χ2v) is 8.57. The van der Waals surface area contributed by atoms with Gasteiger partial charge in [0.05, 0.1) is 19.1 Å². The SMILES string of the molecule is C=Cc1c(F)cc(F)c(F)c1OCC(=O)[C@H](CC(=O)OC)NC(=O)C1CCN(C(=O)C2CC2)CC1.[HH]. The Morgan fingerprint density at radius 1 is 1.14 bits per heavy atom. The maximum Gasteiger partial charge on any atom is 0.308 e. The van der Waals surface area contributed by atoms with Gasteiger partial charge in [-0.1, -0.05) is 12.7 Å². The number of piperidine rings is 1. The first-order valence-electron chi connectivity index (χ1n) is 11.3. The number of nitrogens with one attached hydrogen (secondary N) is 1. The summed E-state index contributed by atoms with van der Waals surface area (Å²) < 4.78 is 51.3. The molecule has 1 atom stereocenters. The van der Waals surface area contributed by atoms with Gasteiger partial charge in [-0.2, -0.15) is 4.39 Å². The molecule has 1 aliphatic heterocycles. The normalized spacial score (nSPS) is 16.9. The van der Waals surface area contributed by atoms with Crippen molar-refractivity contribution in [2.24, 2.45) is 11.8 Å². The minimum atomic E-state index is -1.51. The number of ketones is 1. The number of hydrogen-bond donors (Lipinski definition) is 1. The second kappa shape index (κ2) is 11.4. The van der Waals surface area contributed by atoms with Crippen molar-refractivity contribution in [3.05, 3.63) is 35.7 Å². The predicted octanol–water partition coefficient (Wildman–Crippen LogP) is 2.64. The number of nitrogens with zero attached hydrogens (tertiary/aromatic N) is 1. The highest BCUT2D eigenvalue weighted by Crippen LogP contribution is 2.32. The van der Waals surface area contributed by atoms with Crippen LogP contribution < -0.4 is 10.1 Å². The zero-order valence-electron chi connectivity index (χ0n) is 19.3. The highest BCUT2D eigenvalue weighted by atomic mass is 19.2. The van der Waals surface area contributed by atoms with Crippen molar-refractivity contribution >= 4 is 29.6 Å². The molecule has 1 aromatic carbocycles. The molecule has 1 heterocycles. The molecule has 0 spiro atoms. The minimum Gasteiger partial charge on any atom is -0.482 e. The third-order valence-electron chi connectivity index (χ3n) is 6.13. The summed E-state index contributed by atoms with van der Waals surface area (Å²) in [7, 11) is 1.11. The summed E-state index contributed by atoms with van der Waals surface area (Å²) in [5, 5.41) is 2.50. The van der Waals surface area contributed by atoms with Crippen LogP contribution in [0.5, 0.6) is 5.75 Å². The van der Waals surface area contributed by atoms with Gasteiger partial charge in [-0.3, -0.25) is 19.2 Å². The third-order valence-corrected chi connectivity index (χ3v) is 6.13. The molecule has 2 fully saturated rings. The zero-order valence-corrected chi connectivity index (χ0v) is 19.3. The zero-order chi connectivity index (χ0) is 25.7. The molecule has 1 aromatic rings. The lowest BCUT2D eigenvalue weighted by molar-refractivity contribution is -0.144. The van der Waals surface area contributed by atoms with Gasteiger partial charge in [-0.25, -0.2) is 8.78 Å². The molecule has 3 rings (SSSR count). The largest absolute Gasteiger partial charge is 0.482 e. The summed E-state index contributed by atoms with van der Waals surface area (Å²) in [6, 6.07) is -1.04. The average molecular weight is 498 g/mol. The predicted molar refractivity (Wildman–Crippen MR) is 120 cm³/mol. The number of likely N-dealkylation sites (tertiary alicyclic amines) is 1. The summed E-state index contributed by atoms with van der Waals surface area (Å²) in [5.41, 5.74) is -0.474. The van der Waals surface area contributed by atoms with Crippen molar-refractivity contribution in [1.29, 1.82) is 0 Å². The molecule has 1 N–H and O–H groups in total. The third kappa shape index (κ3) is 6.40. The fourth-order valence-electron chi connectivity index (χ4n) is 3.90. The molecular weight excluding hydrogens is 469 g/mol. The number of halogens is 3. The first kappa shape index (κ1) is 26.2. The maximum absolute atomic E-state index is 14.1. The van der Waals surface area contributed by atoms with E-state index in [1.807, 2.05) is 0 Å². The highest BCUT2D eigenvalue weighted by Gasteiger charge is 2.37. The molecule has 1 saturated heterocycles. The van der Waals surface area contributed by atoms with E-state index in [9.17, 15) is 32.3 Å². The van der Waals surface area contributed by atoms with Crippen LogP contribution in [0.2, 0.25) is 0 Å². The molecule has 1 aliphatic carbocycles. The summed E-state index contributed by atoms with van der Waals surface area (Å²) in [5.74, 6) is -7.40. The lowest BCUT2D eigenvalue weighted by Crippen LogP contribution is -2.49. The maximum atomic E-state index is 14.1. The van der Waals surface area contributed by atoms with Crippen LogP contribution in [0.15, 0.2) is 12.6 Å². The number of amides is 2. The Hall–Kier alpha value is -3.37. The first-order valence-corrected chi connectivity index (χ1v) is 11.3. The number of ether oxygens (including phenoxy) is 2. The van der Waals surface area contributed by atoms with Gasteiger partial charge < -0.3 is 19.7 Å². The summed E-state index contributed by atoms with van der Waals surface area (Å²) in [6.07, 6.45) is 2.97. The Labute approximate surface area is 201 Å². The van der Waals surface area contributed by atoms with E-state index in [4.69, 9.17) is 4.74 Å². The van der Waals surface area contributed by atoms with Crippen LogP contribution in [0.4, 0.5) is 13.2 Å². The van der Waals surface area contributed by atoms with Crippen LogP contribution in [-0.4, -0.2) is 61.3 Å². The molecule has 2 amide bonds. The van der Waals surface area contributed by atoms with Crippen LogP contribution in [-0.2, 0) is 23.9 Å². The Morgan fingerprint density at radius 2 is 1.80 bits per heavy atom. The van der Waals surface area contributed by atoms with E-state index in [1.165, 1.54) is 0 Å². The van der Waals surface area contributed by atoms with Gasteiger partial charge in [0.25, 0.3) is 0 Å². The average Bonchev–Trinajstić information content (AvgIpc) is 3.69. The molecular formula is C24H29F3N2O6. The van der Waals surface area contributed by atoms with Crippen molar-refractivity contribution in [3.63, 3.8) is 0 Å². The Bertz CT molecular complexity index is 1030. The Balaban J connectivity index is 0.00000456. The number of hydrogen-bond acceptors (Lipinski definition) is 6. The Morgan fingerprint density at radius 3 is 2.37 bits per heavy atom. The van der Waals surface area contributed by atoms with Gasteiger partial charge in [0, 0.05) is 32.4 Å². The van der Waals surface area contributed by atoms with E-state index in [-0.39, 0.29) is 13.3 Å². The quantitative estimate of drug-likeness (QED) is 0.393. The van der Waals surface area contributed by atoms with E-state index >= 15 is 0 Å². The van der Waals surface area contributed by atoms with E-state index in [0.717, 1.165) is 26.0 Å². The smallest absolute Gasteiger partial charge is 0.308 e. The minimum absolute atomic E-state index is 0. The summed E-state index contributed by atoms with van der Waals surface area (Å²) in [4.78, 5) is 51.3. The molecule has 1 saturated carbocycles. The molecule has 35 heavy (non-hydrogen) atoms. The van der Waals surface area contributed by atoms with Gasteiger partial charge in [-0.15, -0.1) is 0 Å². The number of rotatable bonds is 10. The molecule has 0 bridgehead atoms. The van der Waals surface area contributed by atoms with Crippen molar-refractivity contribution in [2.45, 2.75) is 38.1 Å². The lowest BCUT2D eigenvalue weighted by atomic mass is 9.94. The van der Waals surface area contributed by atoms with Crippen molar-refractivity contribution < 1.29 is 43.2 Å². The van der Waals surface area contributed by atoms with Crippen LogP contribution in [0, 0.1) is 29.3 Å². The van der Waals surface area contributed by atoms with E-state index < -0.39 is 71.4 Å². The van der Waals surface area contributed by atoms with Crippen LogP contribution >= 0.6 is 0 Å². The van der Waals surface area contributed by atoms with Gasteiger partial charge in [0.2, 0.25) is 17.6 Å².